The van der Waals surface area contributed by atoms with Crippen LogP contribution in [0, 0.1) is 5.82 Å². The number of rotatable bonds is 4. The smallest absolute Gasteiger partial charge is 0.296 e. The molecule has 0 saturated heterocycles. The maximum absolute atomic E-state index is 13.8. The average Bonchev–Trinajstić information content (AvgIpc) is 3.20. The van der Waals surface area contributed by atoms with E-state index in [1.54, 1.807) is 25.1 Å². The molecule has 1 N–H and O–H groups in total. The van der Waals surface area contributed by atoms with Gasteiger partial charge in [-0.3, -0.25) is 19.5 Å². The van der Waals surface area contributed by atoms with Gasteiger partial charge in [0.15, 0.2) is 16.7 Å². The number of nitrogens with zero attached hydrogens (tertiary/aromatic N) is 3. The Morgan fingerprint density at radius 3 is 2.86 bits per heavy atom. The normalized spacial score (nSPS) is 17.0. The molecule has 3 aromatic rings. The highest BCUT2D eigenvalue weighted by molar-refractivity contribution is 7.22. The number of Topliss-reactive ketones (excluding diaryl/α,β-unsaturated/α-hetero) is 1. The van der Waals surface area contributed by atoms with Crippen molar-refractivity contribution in [2.75, 3.05) is 4.90 Å². The third-order valence-corrected chi connectivity index (χ3v) is 5.73. The first-order valence-corrected chi connectivity index (χ1v) is 9.58. The lowest BCUT2D eigenvalue weighted by molar-refractivity contribution is -0.118. The predicted octanol–water partition coefficient (Wildman–Crippen LogP) is 4.36. The standard InChI is InChI=1S/C19H13ClFN3O3S/c1-2-13(25)15-16(11-5-3-4-6-22-11)24(18(27)17(15)26)19-23-12-7-9(20)10(21)8-14(12)28-19/h3-8,16,26H,2H2,1H3. The highest BCUT2D eigenvalue weighted by Crippen LogP contribution is 2.43. The average molecular weight is 418 g/mol. The third kappa shape index (κ3) is 2.85. The molecule has 1 unspecified atom stereocenters. The molecule has 1 atom stereocenters. The molecule has 6 nitrogen and oxygen atoms in total. The number of hydrogen-bond acceptors (Lipinski definition) is 6. The summed E-state index contributed by atoms with van der Waals surface area (Å²) in [4.78, 5) is 35.2. The van der Waals surface area contributed by atoms with Gasteiger partial charge in [0.2, 0.25) is 0 Å². The number of aliphatic hydroxyl groups is 1. The molecule has 1 aliphatic rings. The Kier molecular flexibility index (Phi) is 4.60. The van der Waals surface area contributed by atoms with E-state index in [1.807, 2.05) is 0 Å². The summed E-state index contributed by atoms with van der Waals surface area (Å²) >= 11 is 6.88. The van der Waals surface area contributed by atoms with Crippen LogP contribution in [0.25, 0.3) is 10.2 Å². The fourth-order valence-electron chi connectivity index (χ4n) is 3.11. The lowest BCUT2D eigenvalue weighted by Crippen LogP contribution is -2.31. The van der Waals surface area contributed by atoms with E-state index in [0.29, 0.717) is 15.9 Å². The van der Waals surface area contributed by atoms with Crippen molar-refractivity contribution >= 4 is 50.0 Å². The summed E-state index contributed by atoms with van der Waals surface area (Å²) in [5, 5.41) is 10.5. The first-order chi connectivity index (χ1) is 13.4. The quantitative estimate of drug-likeness (QED) is 0.681. The molecular weight excluding hydrogens is 405 g/mol. The molecule has 2 aromatic heterocycles. The molecule has 3 heterocycles. The van der Waals surface area contributed by atoms with Crippen LogP contribution >= 0.6 is 22.9 Å². The number of anilines is 1. The van der Waals surface area contributed by atoms with Crippen LogP contribution in [-0.2, 0) is 9.59 Å². The zero-order chi connectivity index (χ0) is 20.0. The van der Waals surface area contributed by atoms with Crippen molar-refractivity contribution in [3.8, 4) is 0 Å². The number of fused-ring (bicyclic) bond motifs is 1. The molecule has 1 aliphatic heterocycles. The largest absolute Gasteiger partial charge is 0.503 e. The number of halogens is 2. The second-order valence-electron chi connectivity index (χ2n) is 6.10. The summed E-state index contributed by atoms with van der Waals surface area (Å²) in [5.74, 6) is -2.33. The van der Waals surface area contributed by atoms with Crippen LogP contribution in [0.15, 0.2) is 47.9 Å². The number of thiazole rings is 1. The molecule has 142 valence electrons. The lowest BCUT2D eigenvalue weighted by atomic mass is 9.99. The fraction of sp³-hybridized carbons (Fsp3) is 0.158. The van der Waals surface area contributed by atoms with Crippen LogP contribution in [0.1, 0.15) is 25.1 Å². The minimum Gasteiger partial charge on any atom is -0.503 e. The highest BCUT2D eigenvalue weighted by Gasteiger charge is 2.45. The number of aliphatic hydroxyl groups excluding tert-OH is 1. The molecule has 1 aromatic carbocycles. The zero-order valence-electron chi connectivity index (χ0n) is 14.5. The van der Waals surface area contributed by atoms with Crippen LogP contribution in [0.4, 0.5) is 9.52 Å². The summed E-state index contributed by atoms with van der Waals surface area (Å²) in [5.41, 5.74) is 0.809. The number of carbonyl (C=O) groups is 2. The first-order valence-electron chi connectivity index (χ1n) is 8.38. The number of hydrogen-bond donors (Lipinski definition) is 1. The van der Waals surface area contributed by atoms with E-state index in [1.165, 1.54) is 23.2 Å². The minimum atomic E-state index is -0.915. The fourth-order valence-corrected chi connectivity index (χ4v) is 4.27. The van der Waals surface area contributed by atoms with Crippen molar-refractivity contribution in [3.63, 3.8) is 0 Å². The van der Waals surface area contributed by atoms with E-state index < -0.39 is 23.5 Å². The number of carbonyl (C=O) groups excluding carboxylic acids is 2. The van der Waals surface area contributed by atoms with Crippen molar-refractivity contribution in [2.45, 2.75) is 19.4 Å². The second kappa shape index (κ2) is 6.96. The van der Waals surface area contributed by atoms with Gasteiger partial charge in [0.25, 0.3) is 5.91 Å². The molecule has 4 rings (SSSR count). The van der Waals surface area contributed by atoms with Crippen LogP contribution in [0.5, 0.6) is 0 Å². The summed E-state index contributed by atoms with van der Waals surface area (Å²) in [6.07, 6.45) is 1.65. The van der Waals surface area contributed by atoms with E-state index in [-0.39, 0.29) is 27.9 Å². The van der Waals surface area contributed by atoms with Crippen molar-refractivity contribution < 1.29 is 19.1 Å². The topological polar surface area (TPSA) is 83.4 Å². The maximum atomic E-state index is 13.8. The van der Waals surface area contributed by atoms with Gasteiger partial charge in [-0.1, -0.05) is 35.9 Å². The van der Waals surface area contributed by atoms with Gasteiger partial charge in [-0.15, -0.1) is 0 Å². The molecule has 9 heteroatoms. The monoisotopic (exact) mass is 417 g/mol. The number of aromatic nitrogens is 2. The maximum Gasteiger partial charge on any atom is 0.296 e. The van der Waals surface area contributed by atoms with Gasteiger partial charge in [-0.2, -0.15) is 0 Å². The van der Waals surface area contributed by atoms with Crippen molar-refractivity contribution in [1.82, 2.24) is 9.97 Å². The van der Waals surface area contributed by atoms with Crippen LogP contribution in [0.3, 0.4) is 0 Å². The summed E-state index contributed by atoms with van der Waals surface area (Å²) < 4.78 is 14.3. The SMILES string of the molecule is CCC(=O)C1=C(O)C(=O)N(c2nc3cc(Cl)c(F)cc3s2)C1c1ccccn1. The Labute approximate surface area is 167 Å². The Morgan fingerprint density at radius 1 is 1.39 bits per heavy atom. The van der Waals surface area contributed by atoms with E-state index in [0.717, 1.165) is 11.3 Å². The van der Waals surface area contributed by atoms with Crippen LogP contribution < -0.4 is 4.90 Å². The van der Waals surface area contributed by atoms with Gasteiger partial charge in [0, 0.05) is 12.6 Å². The number of benzene rings is 1. The number of amides is 1. The highest BCUT2D eigenvalue weighted by atomic mass is 35.5. The van der Waals surface area contributed by atoms with Gasteiger partial charge >= 0.3 is 0 Å². The molecule has 0 spiro atoms. The Balaban J connectivity index is 1.90. The summed E-state index contributed by atoms with van der Waals surface area (Å²) in [7, 11) is 0. The van der Waals surface area contributed by atoms with Crippen molar-refractivity contribution in [3.05, 3.63) is 64.4 Å². The van der Waals surface area contributed by atoms with Gasteiger partial charge in [-0.05, 0) is 24.3 Å². The van der Waals surface area contributed by atoms with Crippen molar-refractivity contribution in [2.24, 2.45) is 0 Å². The lowest BCUT2D eigenvalue weighted by Gasteiger charge is -2.23. The predicted molar refractivity (Wildman–Crippen MR) is 104 cm³/mol. The molecule has 0 fully saturated rings. The number of ketones is 1. The molecular formula is C19H13ClFN3O3S. The summed E-state index contributed by atoms with van der Waals surface area (Å²) in [6.45, 7) is 1.65. The summed E-state index contributed by atoms with van der Waals surface area (Å²) in [6, 6.07) is 6.78. The van der Waals surface area contributed by atoms with Crippen LogP contribution in [-0.4, -0.2) is 26.8 Å². The zero-order valence-corrected chi connectivity index (χ0v) is 16.1. The minimum absolute atomic E-state index is 0.0188. The Morgan fingerprint density at radius 2 is 2.18 bits per heavy atom. The third-order valence-electron chi connectivity index (χ3n) is 4.42. The molecule has 0 saturated carbocycles. The van der Waals surface area contributed by atoms with Crippen molar-refractivity contribution in [1.29, 1.82) is 0 Å². The van der Waals surface area contributed by atoms with E-state index in [9.17, 15) is 19.1 Å². The first kappa shape index (κ1) is 18.5. The molecule has 0 bridgehead atoms. The molecule has 0 aliphatic carbocycles. The molecule has 28 heavy (non-hydrogen) atoms. The second-order valence-corrected chi connectivity index (χ2v) is 7.52. The van der Waals surface area contributed by atoms with Gasteiger partial charge in [0.05, 0.1) is 26.5 Å². The van der Waals surface area contributed by atoms with E-state index in [2.05, 4.69) is 9.97 Å². The van der Waals surface area contributed by atoms with Crippen LogP contribution in [0.2, 0.25) is 5.02 Å². The van der Waals surface area contributed by atoms with Gasteiger partial charge in [0.1, 0.15) is 11.9 Å². The van der Waals surface area contributed by atoms with Gasteiger partial charge < -0.3 is 5.11 Å². The Bertz CT molecular complexity index is 1110. The molecule has 0 radical (unpaired) electrons. The number of pyridine rings is 1. The van der Waals surface area contributed by atoms with E-state index >= 15 is 0 Å². The van der Waals surface area contributed by atoms with E-state index in [4.69, 9.17) is 11.6 Å². The Hall–Kier alpha value is -2.84. The van der Waals surface area contributed by atoms with Gasteiger partial charge in [-0.25, -0.2) is 9.37 Å². The molecule has 1 amide bonds.